The summed E-state index contributed by atoms with van der Waals surface area (Å²) < 4.78 is 6.13. The summed E-state index contributed by atoms with van der Waals surface area (Å²) in [5.74, 6) is 0.647. The predicted octanol–water partition coefficient (Wildman–Crippen LogP) is 3.47. The van der Waals surface area contributed by atoms with E-state index in [0.717, 1.165) is 36.5 Å². The molecular formula is C14H14BrClN4O. The highest BCUT2D eigenvalue weighted by Gasteiger charge is 2.11. The topological polar surface area (TPSA) is 50.3 Å². The van der Waals surface area contributed by atoms with Gasteiger partial charge in [-0.15, -0.1) is 0 Å². The van der Waals surface area contributed by atoms with E-state index >= 15 is 0 Å². The summed E-state index contributed by atoms with van der Waals surface area (Å²) in [6.45, 7) is 3.43. The van der Waals surface area contributed by atoms with Crippen molar-refractivity contribution in [2.45, 2.75) is 0 Å². The third-order valence-electron chi connectivity index (χ3n) is 3.22. The second-order valence-electron chi connectivity index (χ2n) is 4.61. The first kappa shape index (κ1) is 14.6. The maximum Gasteiger partial charge on any atom is 0.224 e. The van der Waals surface area contributed by atoms with Gasteiger partial charge in [0.25, 0.3) is 0 Å². The van der Waals surface area contributed by atoms with Gasteiger partial charge in [0.1, 0.15) is 5.82 Å². The number of benzene rings is 1. The van der Waals surface area contributed by atoms with Crippen LogP contribution in [0.2, 0.25) is 5.28 Å². The smallest absolute Gasteiger partial charge is 0.224 e. The summed E-state index contributed by atoms with van der Waals surface area (Å²) in [5, 5.41) is 3.43. The Labute approximate surface area is 136 Å². The van der Waals surface area contributed by atoms with Crippen LogP contribution < -0.4 is 10.2 Å². The fourth-order valence-corrected chi connectivity index (χ4v) is 2.57. The maximum atomic E-state index is 5.81. The minimum atomic E-state index is 0.214. The number of nitrogens with zero attached hydrogens (tertiary/aromatic N) is 3. The number of morpholine rings is 1. The maximum absolute atomic E-state index is 5.81. The number of halogens is 2. The van der Waals surface area contributed by atoms with E-state index in [1.54, 1.807) is 6.20 Å². The predicted molar refractivity (Wildman–Crippen MR) is 87.5 cm³/mol. The molecule has 7 heteroatoms. The Morgan fingerprint density at radius 1 is 1.19 bits per heavy atom. The minimum Gasteiger partial charge on any atom is -0.378 e. The van der Waals surface area contributed by atoms with Crippen molar-refractivity contribution < 1.29 is 4.74 Å². The van der Waals surface area contributed by atoms with Crippen LogP contribution in [-0.4, -0.2) is 36.3 Å². The molecule has 1 aliphatic rings. The molecule has 2 aromatic rings. The van der Waals surface area contributed by atoms with E-state index in [-0.39, 0.29) is 5.28 Å². The van der Waals surface area contributed by atoms with Gasteiger partial charge in [-0.3, -0.25) is 0 Å². The summed E-state index contributed by atoms with van der Waals surface area (Å²) in [6.07, 6.45) is 1.62. The molecule has 1 aliphatic heterocycles. The molecule has 1 fully saturated rings. The summed E-state index contributed by atoms with van der Waals surface area (Å²) in [7, 11) is 0. The van der Waals surface area contributed by atoms with Crippen LogP contribution in [0.5, 0.6) is 0 Å². The highest BCUT2D eigenvalue weighted by atomic mass is 79.9. The average Bonchev–Trinajstić information content (AvgIpc) is 2.53. The lowest BCUT2D eigenvalue weighted by molar-refractivity contribution is 0.122. The van der Waals surface area contributed by atoms with E-state index in [9.17, 15) is 0 Å². The number of nitrogens with one attached hydrogen (secondary N) is 1. The highest BCUT2D eigenvalue weighted by molar-refractivity contribution is 9.10. The number of rotatable bonds is 3. The number of hydrogen-bond acceptors (Lipinski definition) is 5. The molecular weight excluding hydrogens is 356 g/mol. The van der Waals surface area contributed by atoms with Gasteiger partial charge < -0.3 is 15.0 Å². The van der Waals surface area contributed by atoms with Crippen LogP contribution in [0.4, 0.5) is 17.2 Å². The molecule has 1 aromatic carbocycles. The van der Waals surface area contributed by atoms with Crippen LogP contribution in [0.1, 0.15) is 0 Å². The van der Waals surface area contributed by atoms with Crippen molar-refractivity contribution in [2.75, 3.05) is 36.5 Å². The Balaban J connectivity index is 1.73. The Bertz CT molecular complexity index is 617. The largest absolute Gasteiger partial charge is 0.378 e. The first-order chi connectivity index (χ1) is 10.2. The van der Waals surface area contributed by atoms with Crippen molar-refractivity contribution in [3.8, 4) is 0 Å². The first-order valence-corrected chi connectivity index (χ1v) is 7.77. The van der Waals surface area contributed by atoms with Crippen LogP contribution in [0.15, 0.2) is 34.9 Å². The van der Waals surface area contributed by atoms with Gasteiger partial charge in [0.15, 0.2) is 0 Å². The zero-order valence-corrected chi connectivity index (χ0v) is 13.6. The second kappa shape index (κ2) is 6.60. The van der Waals surface area contributed by atoms with E-state index < -0.39 is 0 Å². The Morgan fingerprint density at radius 2 is 1.90 bits per heavy atom. The molecule has 1 aromatic heterocycles. The normalized spacial score (nSPS) is 15.0. The van der Waals surface area contributed by atoms with Gasteiger partial charge in [-0.25, -0.2) is 4.98 Å². The molecule has 1 N–H and O–H groups in total. The molecule has 0 bridgehead atoms. The molecule has 0 atom stereocenters. The molecule has 5 nitrogen and oxygen atoms in total. The molecule has 0 aliphatic carbocycles. The quantitative estimate of drug-likeness (QED) is 0.840. The third-order valence-corrected chi connectivity index (χ3v) is 3.98. The van der Waals surface area contributed by atoms with Gasteiger partial charge in [-0.2, -0.15) is 4.98 Å². The second-order valence-corrected chi connectivity index (χ2v) is 5.80. The lowest BCUT2D eigenvalue weighted by Crippen LogP contribution is -2.36. The molecule has 21 heavy (non-hydrogen) atoms. The zero-order valence-electron chi connectivity index (χ0n) is 11.2. The fraction of sp³-hybridized carbons (Fsp3) is 0.286. The van der Waals surface area contributed by atoms with E-state index in [4.69, 9.17) is 16.3 Å². The summed E-state index contributed by atoms with van der Waals surface area (Å²) >= 11 is 9.20. The third kappa shape index (κ3) is 3.64. The fourth-order valence-electron chi connectivity index (χ4n) is 2.15. The van der Waals surface area contributed by atoms with Crippen molar-refractivity contribution >= 4 is 44.7 Å². The standard InChI is InChI=1S/C14H14BrClN4O/c15-12-9-17-14(16)19-13(12)18-10-1-3-11(4-2-10)20-5-7-21-8-6-20/h1-4,9H,5-8H2,(H,17,18,19). The van der Waals surface area contributed by atoms with Crippen LogP contribution >= 0.6 is 27.5 Å². The van der Waals surface area contributed by atoms with Crippen molar-refractivity contribution in [1.29, 1.82) is 0 Å². The number of ether oxygens (including phenoxy) is 1. The van der Waals surface area contributed by atoms with E-state index in [1.807, 2.05) is 12.1 Å². The van der Waals surface area contributed by atoms with E-state index in [1.165, 1.54) is 5.69 Å². The molecule has 1 saturated heterocycles. The SMILES string of the molecule is Clc1ncc(Br)c(Nc2ccc(N3CCOCC3)cc2)n1. The van der Waals surface area contributed by atoms with Crippen molar-refractivity contribution in [3.63, 3.8) is 0 Å². The van der Waals surface area contributed by atoms with Crippen LogP contribution in [0.25, 0.3) is 0 Å². The number of aromatic nitrogens is 2. The molecule has 3 rings (SSSR count). The Hall–Kier alpha value is -1.37. The van der Waals surface area contributed by atoms with E-state index in [0.29, 0.717) is 5.82 Å². The molecule has 0 spiro atoms. The molecule has 0 radical (unpaired) electrons. The van der Waals surface area contributed by atoms with Crippen molar-refractivity contribution in [1.82, 2.24) is 9.97 Å². The average molecular weight is 370 g/mol. The Morgan fingerprint density at radius 3 is 2.62 bits per heavy atom. The monoisotopic (exact) mass is 368 g/mol. The molecule has 110 valence electrons. The number of anilines is 3. The van der Waals surface area contributed by atoms with Gasteiger partial charge in [0.05, 0.1) is 17.7 Å². The van der Waals surface area contributed by atoms with Crippen LogP contribution in [0, 0.1) is 0 Å². The Kier molecular flexibility index (Phi) is 4.57. The lowest BCUT2D eigenvalue weighted by atomic mass is 10.2. The summed E-state index contributed by atoms with van der Waals surface area (Å²) in [4.78, 5) is 10.4. The summed E-state index contributed by atoms with van der Waals surface area (Å²) in [5.41, 5.74) is 2.14. The van der Waals surface area contributed by atoms with Crippen molar-refractivity contribution in [3.05, 3.63) is 40.2 Å². The number of hydrogen-bond donors (Lipinski definition) is 1. The molecule has 0 amide bonds. The van der Waals surface area contributed by atoms with Crippen LogP contribution in [-0.2, 0) is 4.74 Å². The molecule has 0 saturated carbocycles. The van der Waals surface area contributed by atoms with Gasteiger partial charge >= 0.3 is 0 Å². The molecule has 0 unspecified atom stereocenters. The summed E-state index contributed by atoms with van der Waals surface area (Å²) in [6, 6.07) is 8.22. The van der Waals surface area contributed by atoms with Crippen LogP contribution in [0.3, 0.4) is 0 Å². The van der Waals surface area contributed by atoms with Gasteiger partial charge in [0.2, 0.25) is 5.28 Å². The highest BCUT2D eigenvalue weighted by Crippen LogP contribution is 2.26. The lowest BCUT2D eigenvalue weighted by Gasteiger charge is -2.28. The van der Waals surface area contributed by atoms with E-state index in [2.05, 4.69) is 48.2 Å². The first-order valence-electron chi connectivity index (χ1n) is 6.60. The van der Waals surface area contributed by atoms with Gasteiger partial charge in [0, 0.05) is 30.7 Å². The minimum absolute atomic E-state index is 0.214. The van der Waals surface area contributed by atoms with Gasteiger partial charge in [-0.05, 0) is 51.8 Å². The zero-order chi connectivity index (χ0) is 14.7. The van der Waals surface area contributed by atoms with Crippen molar-refractivity contribution in [2.24, 2.45) is 0 Å². The van der Waals surface area contributed by atoms with Gasteiger partial charge in [-0.1, -0.05) is 0 Å². The molecule has 2 heterocycles.